The summed E-state index contributed by atoms with van der Waals surface area (Å²) in [7, 11) is 1.59. The summed E-state index contributed by atoms with van der Waals surface area (Å²) in [4.78, 5) is 13.2. The Hall–Kier alpha value is -4.77. The summed E-state index contributed by atoms with van der Waals surface area (Å²) >= 11 is 12.7. The van der Waals surface area contributed by atoms with Crippen molar-refractivity contribution in [2.24, 2.45) is 0 Å². The number of hydrogen-bond acceptors (Lipinski definition) is 4. The van der Waals surface area contributed by atoms with E-state index in [0.29, 0.717) is 38.4 Å². The molecule has 0 atom stereocenters. The Labute approximate surface area is 247 Å². The van der Waals surface area contributed by atoms with Crippen molar-refractivity contribution < 1.29 is 9.53 Å². The minimum absolute atomic E-state index is 0.00634. The maximum Gasteiger partial charge on any atom is 0.315 e. The first-order valence-electron chi connectivity index (χ1n) is 12.7. The van der Waals surface area contributed by atoms with Crippen LogP contribution in [-0.4, -0.2) is 22.9 Å². The van der Waals surface area contributed by atoms with E-state index in [1.165, 1.54) is 0 Å². The predicted molar refractivity (Wildman–Crippen MR) is 160 cm³/mol. The molecule has 0 radical (unpaired) electrons. The first-order valence-corrected chi connectivity index (χ1v) is 13.5. The number of rotatable bonds is 8. The van der Waals surface area contributed by atoms with E-state index in [4.69, 9.17) is 33.0 Å². The van der Waals surface area contributed by atoms with Gasteiger partial charge in [-0.25, -0.2) is 9.48 Å². The fourth-order valence-corrected chi connectivity index (χ4v) is 5.03. The van der Waals surface area contributed by atoms with Crippen LogP contribution in [0.25, 0.3) is 16.9 Å². The normalized spacial score (nSPS) is 10.7. The third-order valence-electron chi connectivity index (χ3n) is 6.53. The van der Waals surface area contributed by atoms with Crippen molar-refractivity contribution in [1.29, 1.82) is 5.26 Å². The molecule has 2 amide bonds. The number of aromatic nitrogens is 2. The minimum atomic E-state index is -0.406. The largest absolute Gasteiger partial charge is 0.497 e. The van der Waals surface area contributed by atoms with Crippen LogP contribution in [0.5, 0.6) is 5.75 Å². The van der Waals surface area contributed by atoms with E-state index in [2.05, 4.69) is 16.7 Å². The third kappa shape index (κ3) is 6.20. The zero-order valence-electron chi connectivity index (χ0n) is 22.0. The molecule has 0 aliphatic carbocycles. The van der Waals surface area contributed by atoms with Crippen LogP contribution in [0.4, 0.5) is 4.79 Å². The Morgan fingerprint density at radius 1 is 0.951 bits per heavy atom. The molecule has 0 unspecified atom stereocenters. The van der Waals surface area contributed by atoms with Crippen molar-refractivity contribution in [1.82, 2.24) is 20.4 Å². The smallest absolute Gasteiger partial charge is 0.315 e. The third-order valence-corrected chi connectivity index (χ3v) is 7.07. The summed E-state index contributed by atoms with van der Waals surface area (Å²) in [5.41, 5.74) is 4.37. The predicted octanol–water partition coefficient (Wildman–Crippen LogP) is 7.32. The van der Waals surface area contributed by atoms with Gasteiger partial charge in [-0.15, -0.1) is 0 Å². The number of methoxy groups -OCH3 is 1. The number of hydrogen-bond donors (Lipinski definition) is 2. The number of nitrogens with one attached hydrogen (secondary N) is 2. The topological polar surface area (TPSA) is 92.0 Å². The maximum absolute atomic E-state index is 13.2. The summed E-state index contributed by atoms with van der Waals surface area (Å²) in [6.07, 6.45) is 0. The lowest BCUT2D eigenvalue weighted by Crippen LogP contribution is -2.38. The number of carbonyl (C=O) groups is 1. The van der Waals surface area contributed by atoms with Gasteiger partial charge in [0.05, 0.1) is 36.1 Å². The van der Waals surface area contributed by atoms with Crippen molar-refractivity contribution in [3.63, 3.8) is 0 Å². The molecule has 7 nitrogen and oxygen atoms in total. The number of nitrogens with zero attached hydrogens (tertiary/aromatic N) is 3. The van der Waals surface area contributed by atoms with E-state index < -0.39 is 6.03 Å². The molecule has 5 rings (SSSR count). The molecular weight excluding hydrogens is 557 g/mol. The maximum atomic E-state index is 13.2. The summed E-state index contributed by atoms with van der Waals surface area (Å²) in [5, 5.41) is 21.7. The van der Waals surface area contributed by atoms with Gasteiger partial charge in [0.1, 0.15) is 23.1 Å². The average molecular weight is 582 g/mol. The van der Waals surface area contributed by atoms with Gasteiger partial charge >= 0.3 is 6.03 Å². The standard InChI is InChI=1S/C32H25Cl2N5O2/c1-41-25-15-12-23(13-16-25)31-26(19-35)28(38-39(31)29-17-14-24(33)18-27(29)34)20-36-32(40)37-30(21-8-4-2-5-9-21)22-10-6-3-7-11-22/h2-18,30H,20H2,1H3,(H2,36,37,40). The monoisotopic (exact) mass is 581 g/mol. The lowest BCUT2D eigenvalue weighted by atomic mass is 9.99. The highest BCUT2D eigenvalue weighted by molar-refractivity contribution is 6.35. The number of nitriles is 1. The fraction of sp³-hybridized carbons (Fsp3) is 0.0938. The van der Waals surface area contributed by atoms with Crippen LogP contribution in [0.2, 0.25) is 10.0 Å². The molecule has 0 saturated carbocycles. The van der Waals surface area contributed by atoms with Crippen LogP contribution in [-0.2, 0) is 6.54 Å². The van der Waals surface area contributed by atoms with Crippen LogP contribution >= 0.6 is 23.2 Å². The van der Waals surface area contributed by atoms with E-state index in [9.17, 15) is 10.1 Å². The van der Waals surface area contributed by atoms with Crippen LogP contribution in [0.15, 0.2) is 103 Å². The SMILES string of the molecule is COc1ccc(-c2c(C#N)c(CNC(=O)NC(c3ccccc3)c3ccccc3)nn2-c2ccc(Cl)cc2Cl)cc1. The molecule has 0 aliphatic rings. The number of benzene rings is 4. The summed E-state index contributed by atoms with van der Waals surface area (Å²) in [5.74, 6) is 0.674. The van der Waals surface area contributed by atoms with Gasteiger partial charge in [-0.3, -0.25) is 0 Å². The van der Waals surface area contributed by atoms with Gasteiger partial charge in [-0.05, 0) is 53.6 Å². The molecule has 1 heterocycles. The van der Waals surface area contributed by atoms with Crippen molar-refractivity contribution in [2.45, 2.75) is 12.6 Å². The zero-order valence-corrected chi connectivity index (χ0v) is 23.5. The van der Waals surface area contributed by atoms with Crippen LogP contribution < -0.4 is 15.4 Å². The number of halogens is 2. The first-order chi connectivity index (χ1) is 20.0. The lowest BCUT2D eigenvalue weighted by molar-refractivity contribution is 0.238. The summed E-state index contributed by atoms with van der Waals surface area (Å²) in [6, 6.07) is 33.3. The van der Waals surface area contributed by atoms with Gasteiger partial charge in [-0.2, -0.15) is 10.4 Å². The fourth-order valence-electron chi connectivity index (χ4n) is 4.54. The Kier molecular flexibility index (Phi) is 8.54. The molecule has 0 spiro atoms. The first kappa shape index (κ1) is 27.8. The molecule has 2 N–H and O–H groups in total. The van der Waals surface area contributed by atoms with Crippen molar-refractivity contribution in [3.05, 3.63) is 136 Å². The zero-order chi connectivity index (χ0) is 28.8. The summed E-state index contributed by atoms with van der Waals surface area (Å²) < 4.78 is 6.90. The van der Waals surface area contributed by atoms with E-state index in [1.54, 1.807) is 42.1 Å². The molecule has 0 bridgehead atoms. The van der Waals surface area contributed by atoms with E-state index in [1.807, 2.05) is 72.8 Å². The van der Waals surface area contributed by atoms with Crippen LogP contribution in [0.1, 0.15) is 28.4 Å². The molecule has 41 heavy (non-hydrogen) atoms. The molecule has 4 aromatic carbocycles. The highest BCUT2D eigenvalue weighted by Gasteiger charge is 2.23. The van der Waals surface area contributed by atoms with Crippen molar-refractivity contribution in [3.8, 4) is 28.8 Å². The van der Waals surface area contributed by atoms with Gasteiger partial charge in [0.15, 0.2) is 0 Å². The van der Waals surface area contributed by atoms with Gasteiger partial charge in [0.2, 0.25) is 0 Å². The van der Waals surface area contributed by atoms with Crippen molar-refractivity contribution >= 4 is 29.2 Å². The highest BCUT2D eigenvalue weighted by atomic mass is 35.5. The highest BCUT2D eigenvalue weighted by Crippen LogP contribution is 2.33. The van der Waals surface area contributed by atoms with E-state index in [-0.39, 0.29) is 12.6 Å². The van der Waals surface area contributed by atoms with Gasteiger partial charge < -0.3 is 15.4 Å². The lowest BCUT2D eigenvalue weighted by Gasteiger charge is -2.20. The van der Waals surface area contributed by atoms with E-state index in [0.717, 1.165) is 16.7 Å². The molecule has 0 aliphatic heterocycles. The second-order valence-corrected chi connectivity index (χ2v) is 9.94. The van der Waals surface area contributed by atoms with Gasteiger partial charge in [0, 0.05) is 10.6 Å². The number of ether oxygens (including phenoxy) is 1. The molecular formula is C32H25Cl2N5O2. The average Bonchev–Trinajstić information content (AvgIpc) is 3.37. The van der Waals surface area contributed by atoms with Crippen molar-refractivity contribution in [2.75, 3.05) is 7.11 Å². The summed E-state index contributed by atoms with van der Waals surface area (Å²) in [6.45, 7) is 0.00634. The molecule has 1 aromatic heterocycles. The van der Waals surface area contributed by atoms with Crippen LogP contribution in [0, 0.1) is 11.3 Å². The van der Waals surface area contributed by atoms with E-state index >= 15 is 0 Å². The second kappa shape index (κ2) is 12.6. The molecule has 9 heteroatoms. The Morgan fingerprint density at radius 2 is 1.59 bits per heavy atom. The Morgan fingerprint density at radius 3 is 2.15 bits per heavy atom. The minimum Gasteiger partial charge on any atom is -0.497 e. The number of amides is 2. The molecule has 0 fully saturated rings. The van der Waals surface area contributed by atoms with Gasteiger partial charge in [-0.1, -0.05) is 83.9 Å². The quantitative estimate of drug-likeness (QED) is 0.201. The molecule has 5 aromatic rings. The number of carbonyl (C=O) groups excluding carboxylic acids is 1. The second-order valence-electron chi connectivity index (χ2n) is 9.10. The number of urea groups is 1. The Bertz CT molecular complexity index is 1660. The van der Waals surface area contributed by atoms with Gasteiger partial charge in [0.25, 0.3) is 0 Å². The molecule has 0 saturated heterocycles. The molecule has 204 valence electrons. The Balaban J connectivity index is 1.47. The van der Waals surface area contributed by atoms with Crippen LogP contribution in [0.3, 0.4) is 0 Å².